The average Bonchev–Trinajstić information content (AvgIpc) is 3.02. The number of benzene rings is 2. The summed E-state index contributed by atoms with van der Waals surface area (Å²) in [6.45, 7) is 11.0. The Morgan fingerprint density at radius 3 is 1.96 bits per heavy atom. The van der Waals surface area contributed by atoms with Crippen molar-refractivity contribution in [2.24, 2.45) is 0 Å². The van der Waals surface area contributed by atoms with Crippen molar-refractivity contribution in [2.75, 3.05) is 95.2 Å². The van der Waals surface area contributed by atoms with Crippen LogP contribution < -0.4 is 14.0 Å². The molecule has 0 radical (unpaired) electrons. The van der Waals surface area contributed by atoms with E-state index in [0.29, 0.717) is 57.3 Å². The Hall–Kier alpha value is -3.70. The molecule has 2 fully saturated rings. The molecule has 2 saturated heterocycles. The fraction of sp³-hybridized carbons (Fsp3) is 0.467. The van der Waals surface area contributed by atoms with Crippen LogP contribution >= 0.6 is 0 Å². The fourth-order valence-electron chi connectivity index (χ4n) is 5.47. The van der Waals surface area contributed by atoms with Gasteiger partial charge in [-0.1, -0.05) is 24.3 Å². The van der Waals surface area contributed by atoms with Gasteiger partial charge >= 0.3 is 10.1 Å². The predicted octanol–water partition coefficient (Wildman–Crippen LogP) is 1.89. The first-order valence-electron chi connectivity index (χ1n) is 14.4. The van der Waals surface area contributed by atoms with Gasteiger partial charge in [0.1, 0.15) is 17.7 Å². The number of nitrogens with zero attached hydrogens (tertiary/aromatic N) is 6. The third-order valence-corrected chi connectivity index (χ3v) is 9.66. The third-order valence-electron chi connectivity index (χ3n) is 7.71. The molecule has 0 amide bonds. The largest absolute Gasteiger partial charge is 0.383 e. The highest BCUT2D eigenvalue weighted by Crippen LogP contribution is 2.37. The van der Waals surface area contributed by atoms with Gasteiger partial charge in [-0.2, -0.15) is 27.4 Å². The molecule has 0 aliphatic carbocycles. The maximum absolute atomic E-state index is 13.9. The summed E-state index contributed by atoms with van der Waals surface area (Å²) in [7, 11) is -7.66. The number of anilines is 2. The van der Waals surface area contributed by atoms with E-state index in [1.807, 2.05) is 15.9 Å². The maximum atomic E-state index is 13.9. The molecule has 0 bridgehead atoms. The van der Waals surface area contributed by atoms with Gasteiger partial charge in [0.25, 0.3) is 10.1 Å². The van der Waals surface area contributed by atoms with Crippen LogP contribution in [0.1, 0.15) is 22.1 Å². The first-order chi connectivity index (χ1) is 21.5. The standard InChI is InChI=1S/C30H38N6O7S2/c1-4-11-33-12-16-35(17-13-33)27-8-5-7-24(25(27)22-31)30(43-44(3,37)38)45(39,40)42-29-10-6-9-28(26(29)23-32)36-18-14-34(15-19-36)20-21-41-2/h4-10,30H,1,11-21H2,2-3H3. The van der Waals surface area contributed by atoms with E-state index in [4.69, 9.17) is 13.1 Å². The van der Waals surface area contributed by atoms with Crippen LogP contribution in [0, 0.1) is 22.7 Å². The molecule has 2 aromatic rings. The summed E-state index contributed by atoms with van der Waals surface area (Å²) >= 11 is 0. The van der Waals surface area contributed by atoms with E-state index in [2.05, 4.69) is 28.5 Å². The van der Waals surface area contributed by atoms with Crippen molar-refractivity contribution in [2.45, 2.75) is 5.44 Å². The van der Waals surface area contributed by atoms with Crippen molar-refractivity contribution in [3.05, 3.63) is 65.7 Å². The normalized spacial score (nSPS) is 17.3. The molecule has 2 heterocycles. The van der Waals surface area contributed by atoms with Gasteiger partial charge in [-0.25, -0.2) is 4.18 Å². The Labute approximate surface area is 265 Å². The van der Waals surface area contributed by atoms with Crippen LogP contribution in [0.2, 0.25) is 0 Å². The van der Waals surface area contributed by atoms with Crippen molar-refractivity contribution in [3.8, 4) is 17.9 Å². The van der Waals surface area contributed by atoms with Gasteiger partial charge in [0, 0.05) is 78.1 Å². The summed E-state index contributed by atoms with van der Waals surface area (Å²) in [6.07, 6.45) is 2.53. The van der Waals surface area contributed by atoms with E-state index in [1.165, 1.54) is 12.1 Å². The molecule has 2 aliphatic heterocycles. The molecule has 0 N–H and O–H groups in total. The van der Waals surface area contributed by atoms with Crippen LogP contribution in [-0.4, -0.2) is 112 Å². The van der Waals surface area contributed by atoms with Crippen LogP contribution in [0.3, 0.4) is 0 Å². The lowest BCUT2D eigenvalue weighted by Crippen LogP contribution is -2.47. The fourth-order valence-corrected chi connectivity index (χ4v) is 7.69. The van der Waals surface area contributed by atoms with Gasteiger partial charge in [-0.05, 0) is 18.2 Å². The lowest BCUT2D eigenvalue weighted by Gasteiger charge is -2.36. The van der Waals surface area contributed by atoms with Gasteiger partial charge in [0.2, 0.25) is 5.44 Å². The SMILES string of the molecule is C=CCN1CCN(c2cccc(C(OS(C)(=O)=O)S(=O)(=O)Oc3cccc(N4CCN(CCOC)CC4)c3C#N)c2C#N)CC1. The molecule has 45 heavy (non-hydrogen) atoms. The molecule has 0 aromatic heterocycles. The number of piperazine rings is 2. The highest BCUT2D eigenvalue weighted by atomic mass is 32.2. The highest BCUT2D eigenvalue weighted by Gasteiger charge is 2.38. The molecule has 0 saturated carbocycles. The van der Waals surface area contributed by atoms with Crippen molar-refractivity contribution in [1.82, 2.24) is 9.80 Å². The zero-order valence-corrected chi connectivity index (χ0v) is 27.1. The summed E-state index contributed by atoms with van der Waals surface area (Å²) in [5.41, 5.74) is -1.51. The molecule has 242 valence electrons. The number of nitriles is 2. The lowest BCUT2D eigenvalue weighted by atomic mass is 10.1. The monoisotopic (exact) mass is 658 g/mol. The molecule has 1 atom stereocenters. The summed E-state index contributed by atoms with van der Waals surface area (Å²) in [5.74, 6) is -0.271. The molecule has 4 rings (SSSR count). The molecule has 2 aliphatic rings. The van der Waals surface area contributed by atoms with E-state index in [0.717, 1.165) is 32.4 Å². The second kappa shape index (κ2) is 15.1. The number of ether oxygens (including phenoxy) is 1. The van der Waals surface area contributed by atoms with Crippen molar-refractivity contribution in [1.29, 1.82) is 10.5 Å². The molecular weight excluding hydrogens is 620 g/mol. The Morgan fingerprint density at radius 1 is 0.867 bits per heavy atom. The van der Waals surface area contributed by atoms with Crippen molar-refractivity contribution in [3.63, 3.8) is 0 Å². The summed E-state index contributed by atoms with van der Waals surface area (Å²) in [5, 5.41) is 20.3. The first-order valence-corrected chi connectivity index (χ1v) is 17.7. The molecule has 13 nitrogen and oxygen atoms in total. The first kappa shape index (κ1) is 34.2. The van der Waals surface area contributed by atoms with Crippen LogP contribution in [-0.2, 0) is 29.2 Å². The van der Waals surface area contributed by atoms with Crippen LogP contribution in [0.15, 0.2) is 49.1 Å². The highest BCUT2D eigenvalue weighted by molar-refractivity contribution is 7.89. The quantitative estimate of drug-likeness (QED) is 0.227. The molecule has 15 heteroatoms. The minimum Gasteiger partial charge on any atom is -0.383 e. The Morgan fingerprint density at radius 2 is 1.42 bits per heavy atom. The van der Waals surface area contributed by atoms with E-state index in [-0.39, 0.29) is 22.4 Å². The smallest absolute Gasteiger partial charge is 0.342 e. The zero-order chi connectivity index (χ0) is 32.6. The van der Waals surface area contributed by atoms with Gasteiger partial charge in [0.15, 0.2) is 5.75 Å². The van der Waals surface area contributed by atoms with Gasteiger partial charge < -0.3 is 18.7 Å². The average molecular weight is 659 g/mol. The van der Waals surface area contributed by atoms with Crippen LogP contribution in [0.4, 0.5) is 11.4 Å². The Bertz CT molecular complexity index is 1650. The minimum absolute atomic E-state index is 0.0174. The van der Waals surface area contributed by atoms with Gasteiger partial charge in [-0.15, -0.1) is 6.58 Å². The Kier molecular flexibility index (Phi) is 11.4. The predicted molar refractivity (Wildman–Crippen MR) is 170 cm³/mol. The summed E-state index contributed by atoms with van der Waals surface area (Å²) in [4.78, 5) is 8.33. The number of methoxy groups -OCH3 is 1. The zero-order valence-electron chi connectivity index (χ0n) is 25.5. The molecular formula is C30H38N6O7S2. The molecule has 0 spiro atoms. The second-order valence-electron chi connectivity index (χ2n) is 10.7. The number of rotatable bonds is 13. The molecule has 2 aromatic carbocycles. The van der Waals surface area contributed by atoms with Gasteiger partial charge in [-0.3, -0.25) is 9.80 Å². The summed E-state index contributed by atoms with van der Waals surface area (Å²) < 4.78 is 68.2. The van der Waals surface area contributed by atoms with E-state index >= 15 is 0 Å². The van der Waals surface area contributed by atoms with E-state index in [1.54, 1.807) is 31.4 Å². The summed E-state index contributed by atoms with van der Waals surface area (Å²) in [6, 6.07) is 13.3. The van der Waals surface area contributed by atoms with Gasteiger partial charge in [0.05, 0.1) is 29.8 Å². The second-order valence-corrected chi connectivity index (χ2v) is 13.9. The number of hydrogen-bond acceptors (Lipinski definition) is 13. The Balaban J connectivity index is 1.66. The minimum atomic E-state index is -4.94. The maximum Gasteiger partial charge on any atom is 0.342 e. The van der Waals surface area contributed by atoms with Crippen molar-refractivity contribution < 1.29 is 29.9 Å². The van der Waals surface area contributed by atoms with Crippen LogP contribution in [0.5, 0.6) is 5.75 Å². The lowest BCUT2D eigenvalue weighted by molar-refractivity contribution is 0.144. The van der Waals surface area contributed by atoms with E-state index < -0.39 is 25.7 Å². The number of hydrogen-bond donors (Lipinski definition) is 0. The third kappa shape index (κ3) is 8.52. The van der Waals surface area contributed by atoms with Crippen molar-refractivity contribution >= 4 is 31.6 Å². The topological polar surface area (TPSA) is 157 Å². The van der Waals surface area contributed by atoms with E-state index in [9.17, 15) is 27.4 Å². The molecule has 1 unspecified atom stereocenters. The van der Waals surface area contributed by atoms with Crippen LogP contribution in [0.25, 0.3) is 0 Å².